The quantitative estimate of drug-likeness (QED) is 0.0195. The maximum absolute atomic E-state index is 12.9. The van der Waals surface area contributed by atoms with Gasteiger partial charge >= 0.3 is 11.9 Å². The van der Waals surface area contributed by atoms with E-state index in [2.05, 4.69) is 160 Å². The lowest BCUT2D eigenvalue weighted by Crippen LogP contribution is -2.37. The molecule has 592 valence electrons. The Labute approximate surface area is 637 Å². The van der Waals surface area contributed by atoms with Crippen LogP contribution in [0, 0.1) is 0 Å². The smallest absolute Gasteiger partial charge is 0.306 e. The zero-order valence-electron chi connectivity index (χ0n) is 67.7. The number of likely N-dealkylation sites (N-methyl/N-ethyl adjacent to an activating group) is 1. The van der Waals surface area contributed by atoms with Crippen LogP contribution in [0.3, 0.4) is 0 Å². The number of quaternary nitrogens is 1. The van der Waals surface area contributed by atoms with Crippen LogP contribution in [-0.2, 0) is 32.7 Å². The molecule has 0 aliphatic carbocycles. The summed E-state index contributed by atoms with van der Waals surface area (Å²) in [6.45, 7) is 4.13. The Bertz CT molecular complexity index is 2260. The molecule has 9 nitrogen and oxygen atoms in total. The van der Waals surface area contributed by atoms with Crippen molar-refractivity contribution in [2.24, 2.45) is 0 Å². The van der Waals surface area contributed by atoms with E-state index in [1.807, 2.05) is 21.1 Å². The minimum atomic E-state index is -4.66. The van der Waals surface area contributed by atoms with Gasteiger partial charge in [-0.15, -0.1) is 0 Å². The van der Waals surface area contributed by atoms with E-state index in [0.717, 1.165) is 122 Å². The van der Waals surface area contributed by atoms with Crippen molar-refractivity contribution in [1.29, 1.82) is 0 Å². The Morgan fingerprint density at radius 2 is 0.553 bits per heavy atom. The number of nitrogens with zero attached hydrogens (tertiary/aromatic N) is 1. The molecule has 0 saturated heterocycles. The van der Waals surface area contributed by atoms with Crippen molar-refractivity contribution in [3.63, 3.8) is 0 Å². The zero-order valence-corrected chi connectivity index (χ0v) is 68.6. The highest BCUT2D eigenvalue weighted by molar-refractivity contribution is 7.45. The summed E-state index contributed by atoms with van der Waals surface area (Å²) in [7, 11) is 1.14. The third kappa shape index (κ3) is 86.7. The highest BCUT2D eigenvalue weighted by Crippen LogP contribution is 2.38. The van der Waals surface area contributed by atoms with E-state index in [4.69, 9.17) is 18.5 Å². The molecule has 0 aromatic rings. The molecule has 0 aromatic heterocycles. The molecule has 0 rings (SSSR count). The van der Waals surface area contributed by atoms with Crippen LogP contribution in [0.5, 0.6) is 0 Å². The third-order valence-corrected chi connectivity index (χ3v) is 19.6. The first kappa shape index (κ1) is 98.9. The van der Waals surface area contributed by atoms with Gasteiger partial charge in [-0.2, -0.15) is 0 Å². The van der Waals surface area contributed by atoms with Crippen LogP contribution in [0.2, 0.25) is 0 Å². The largest absolute Gasteiger partial charge is 0.756 e. The van der Waals surface area contributed by atoms with E-state index in [1.54, 1.807) is 0 Å². The van der Waals surface area contributed by atoms with Crippen LogP contribution in [0.15, 0.2) is 146 Å². The van der Waals surface area contributed by atoms with E-state index < -0.39 is 26.5 Å². The molecule has 2 atom stereocenters. The topological polar surface area (TPSA) is 111 Å². The number of phosphoric acid groups is 1. The van der Waals surface area contributed by atoms with Gasteiger partial charge < -0.3 is 27.9 Å². The van der Waals surface area contributed by atoms with E-state index in [0.29, 0.717) is 17.4 Å². The predicted octanol–water partition coefficient (Wildman–Crippen LogP) is 28.6. The van der Waals surface area contributed by atoms with Gasteiger partial charge in [-0.3, -0.25) is 14.2 Å². The highest BCUT2D eigenvalue weighted by atomic mass is 31.2. The fourth-order valence-electron chi connectivity index (χ4n) is 12.1. The molecule has 10 heteroatoms. The van der Waals surface area contributed by atoms with Gasteiger partial charge in [-0.1, -0.05) is 410 Å². The zero-order chi connectivity index (χ0) is 74.7. The minimum absolute atomic E-state index is 0.0416. The summed E-state index contributed by atoms with van der Waals surface area (Å²) >= 11 is 0. The number of hydrogen-bond acceptors (Lipinski definition) is 8. The van der Waals surface area contributed by atoms with E-state index in [-0.39, 0.29) is 32.0 Å². The van der Waals surface area contributed by atoms with Crippen LogP contribution < -0.4 is 4.89 Å². The predicted molar refractivity (Wildman–Crippen MR) is 447 cm³/mol. The first-order valence-electron chi connectivity index (χ1n) is 43.0. The molecule has 0 bridgehead atoms. The number of rotatable bonds is 79. The fraction of sp³-hybridized carbons (Fsp3) is 0.720. The van der Waals surface area contributed by atoms with E-state index in [1.165, 1.54) is 225 Å². The number of unbranched alkanes of at least 4 members (excludes halogenated alkanes) is 41. The van der Waals surface area contributed by atoms with Gasteiger partial charge in [-0.05, 0) is 103 Å². The van der Waals surface area contributed by atoms with Crippen LogP contribution in [-0.4, -0.2) is 70.0 Å². The molecule has 0 fully saturated rings. The third-order valence-electron chi connectivity index (χ3n) is 18.6. The lowest BCUT2D eigenvalue weighted by Gasteiger charge is -2.28. The number of hydrogen-bond donors (Lipinski definition) is 0. The average Bonchev–Trinajstić information content (AvgIpc) is 0.971. The molecule has 103 heavy (non-hydrogen) atoms. The maximum atomic E-state index is 12.9. The monoisotopic (exact) mass is 1450 g/mol. The van der Waals surface area contributed by atoms with Crippen molar-refractivity contribution in [3.05, 3.63) is 146 Å². The molecule has 0 spiro atoms. The van der Waals surface area contributed by atoms with E-state index in [9.17, 15) is 19.0 Å². The van der Waals surface area contributed by atoms with Gasteiger partial charge in [0, 0.05) is 12.8 Å². The van der Waals surface area contributed by atoms with Gasteiger partial charge in [0.2, 0.25) is 0 Å². The molecular weight excluding hydrogens is 1290 g/mol. The van der Waals surface area contributed by atoms with Gasteiger partial charge in [0.15, 0.2) is 6.10 Å². The van der Waals surface area contributed by atoms with Crippen LogP contribution in [0.4, 0.5) is 0 Å². The second-order valence-corrected chi connectivity index (χ2v) is 31.2. The van der Waals surface area contributed by atoms with Crippen molar-refractivity contribution in [3.8, 4) is 0 Å². The Morgan fingerprint density at radius 3 is 0.825 bits per heavy atom. The number of carbonyl (C=O) groups excluding carboxylic acids is 2. The Hall–Kier alpha value is -4.11. The van der Waals surface area contributed by atoms with Crippen LogP contribution in [0.1, 0.15) is 380 Å². The minimum Gasteiger partial charge on any atom is -0.756 e. The molecule has 0 heterocycles. The molecule has 0 saturated carbocycles. The molecule has 0 radical (unpaired) electrons. The molecule has 0 N–H and O–H groups in total. The molecule has 2 unspecified atom stereocenters. The lowest BCUT2D eigenvalue weighted by molar-refractivity contribution is -0.870. The Morgan fingerprint density at radius 1 is 0.311 bits per heavy atom. The number of carbonyl (C=O) groups is 2. The van der Waals surface area contributed by atoms with Gasteiger partial charge in [-0.25, -0.2) is 0 Å². The average molecular weight is 1450 g/mol. The summed E-state index contributed by atoms with van der Waals surface area (Å²) in [5, 5.41) is 0. The van der Waals surface area contributed by atoms with Crippen molar-refractivity contribution < 1.29 is 42.1 Å². The van der Waals surface area contributed by atoms with Crippen LogP contribution in [0.25, 0.3) is 0 Å². The first-order chi connectivity index (χ1) is 50.5. The van der Waals surface area contributed by atoms with Crippen molar-refractivity contribution in [1.82, 2.24) is 0 Å². The first-order valence-corrected chi connectivity index (χ1v) is 44.5. The fourth-order valence-corrected chi connectivity index (χ4v) is 12.8. The SMILES string of the molecule is CC/C=C\C/C=C\C/C=C\C/C=C\C/C=C\C/C=C\C/C=C\C/C=C\C/C=C\C/C=C\C/C=C\C/C=C\CCCCCCC(=O)OC(COC(=O)CCCCCCCCCCCCCCCCCCCCCCCCCCCCCCCCCCCCCCCC)COP(=O)([O-])OCC[N+](C)(C)C. The summed E-state index contributed by atoms with van der Waals surface area (Å²) < 4.78 is 34.4. The molecule has 0 aliphatic heterocycles. The second kappa shape index (κ2) is 82.0. The van der Waals surface area contributed by atoms with Gasteiger partial charge in [0.1, 0.15) is 19.8 Å². The molecule has 0 amide bonds. The number of esters is 2. The molecular formula is C93H162NO8P. The van der Waals surface area contributed by atoms with Gasteiger partial charge in [0.25, 0.3) is 7.82 Å². The standard InChI is InChI=1S/C93H162NO8P/c1-6-8-10-12-14-16-18-20-22-24-26-28-30-32-34-36-38-40-42-44-46-47-48-50-52-54-56-58-60-62-64-66-68-70-72-74-76-78-80-82-84-86-93(96)102-91(90-101-103(97,98)100-88-87-94(3,4)5)89-99-92(95)85-83-81-79-77-75-73-71-69-67-65-63-61-59-57-55-53-51-49-45-43-41-39-37-35-33-31-29-27-25-23-21-19-17-15-13-11-9-7-2/h8,10,14,16,20,22,26,28,32,34,38,40,44,46,48,50,54,56,60,62,66,68,72,74,91H,6-7,9,11-13,15,17-19,21,23-25,27,29-31,33,35-37,39,41-43,45,47,49,51-53,55,57-59,61,63-65,67,69-71,73,75-90H2,1-5H3/b10-8-,16-14-,22-20-,28-26-,34-32-,40-38-,46-44-,50-48-,56-54-,62-60-,68-66-,74-72-. The summed E-state index contributed by atoms with van der Waals surface area (Å²) in [5.41, 5.74) is 0. The highest BCUT2D eigenvalue weighted by Gasteiger charge is 2.22. The summed E-state index contributed by atoms with van der Waals surface area (Å²) in [6, 6.07) is 0. The Kier molecular flexibility index (Phi) is 78.7. The summed E-state index contributed by atoms with van der Waals surface area (Å²) in [4.78, 5) is 38.2. The van der Waals surface area contributed by atoms with E-state index >= 15 is 0 Å². The molecule has 0 aliphatic rings. The lowest BCUT2D eigenvalue weighted by atomic mass is 10.0. The maximum Gasteiger partial charge on any atom is 0.306 e. The number of phosphoric ester groups is 1. The second-order valence-electron chi connectivity index (χ2n) is 29.8. The van der Waals surface area contributed by atoms with Gasteiger partial charge in [0.05, 0.1) is 27.7 Å². The van der Waals surface area contributed by atoms with Crippen molar-refractivity contribution in [2.75, 3.05) is 47.5 Å². The summed E-state index contributed by atoms with van der Waals surface area (Å²) in [5.74, 6) is -0.857. The van der Waals surface area contributed by atoms with Crippen LogP contribution >= 0.6 is 7.82 Å². The van der Waals surface area contributed by atoms with Crippen molar-refractivity contribution in [2.45, 2.75) is 386 Å². The number of allylic oxidation sites excluding steroid dienone is 24. The Balaban J connectivity index is 4.02. The normalized spacial score (nSPS) is 13.7. The number of ether oxygens (including phenoxy) is 2. The molecule has 0 aromatic carbocycles. The van der Waals surface area contributed by atoms with Crippen molar-refractivity contribution >= 4 is 19.8 Å². The summed E-state index contributed by atoms with van der Waals surface area (Å²) in [6.07, 6.45) is 121.